The van der Waals surface area contributed by atoms with Crippen molar-refractivity contribution >= 4 is 21.9 Å². The van der Waals surface area contributed by atoms with Gasteiger partial charge in [0.1, 0.15) is 6.33 Å². The molecule has 0 N–H and O–H groups in total. The number of aryl methyl sites for hydroxylation is 1. The topological polar surface area (TPSA) is 74.8 Å². The number of benzene rings is 1. The second-order valence-corrected chi connectivity index (χ2v) is 6.24. The summed E-state index contributed by atoms with van der Waals surface area (Å²) in [5.74, 6) is 0.326. The van der Waals surface area contributed by atoms with E-state index in [1.165, 1.54) is 0 Å². The molecular weight excluding hydrogens is 374 g/mol. The van der Waals surface area contributed by atoms with Crippen LogP contribution in [0.1, 0.15) is 28.7 Å². The van der Waals surface area contributed by atoms with Crippen LogP contribution in [0.25, 0.3) is 17.1 Å². The number of hydrogen-bond acceptors (Lipinski definition) is 5. The molecule has 0 fully saturated rings. The van der Waals surface area contributed by atoms with Gasteiger partial charge in [0.05, 0.1) is 24.5 Å². The normalized spacial score (nSPS) is 12.1. The van der Waals surface area contributed by atoms with E-state index in [9.17, 15) is 4.79 Å². The van der Waals surface area contributed by atoms with Gasteiger partial charge in [-0.15, -0.1) is 10.2 Å². The first-order valence-electron chi connectivity index (χ1n) is 7.53. The Hall–Kier alpha value is -2.48. The molecule has 1 aliphatic heterocycles. The molecule has 0 amide bonds. The minimum atomic E-state index is -0.424. The van der Waals surface area contributed by atoms with Crippen molar-refractivity contribution in [2.24, 2.45) is 0 Å². The summed E-state index contributed by atoms with van der Waals surface area (Å²) in [6, 6.07) is 6.08. The second kappa shape index (κ2) is 5.55. The van der Waals surface area contributed by atoms with E-state index in [-0.39, 0.29) is 0 Å². The van der Waals surface area contributed by atoms with E-state index in [0.29, 0.717) is 23.6 Å². The van der Waals surface area contributed by atoms with E-state index in [1.54, 1.807) is 13.3 Å². The lowest BCUT2D eigenvalue weighted by Crippen LogP contribution is -2.12. The molecule has 1 aromatic carbocycles. The summed E-state index contributed by atoms with van der Waals surface area (Å²) in [5.41, 5.74) is 4.04. The van der Waals surface area contributed by atoms with Crippen molar-refractivity contribution in [3.8, 4) is 17.1 Å². The Morgan fingerprint density at radius 3 is 3.00 bits per heavy atom. The number of carbonyl (C=O) groups excluding carboxylic acids is 1. The number of esters is 1. The Bertz CT molecular complexity index is 960. The maximum absolute atomic E-state index is 12.2. The summed E-state index contributed by atoms with van der Waals surface area (Å²) < 4.78 is 9.58. The molecule has 0 atom stereocenters. The smallest absolute Gasteiger partial charge is 0.358 e. The van der Waals surface area contributed by atoms with Crippen LogP contribution in [-0.4, -0.2) is 36.9 Å². The van der Waals surface area contributed by atoms with E-state index in [1.807, 2.05) is 28.2 Å². The predicted octanol–water partition coefficient (Wildman–Crippen LogP) is 2.74. The fourth-order valence-electron chi connectivity index (χ4n) is 2.91. The highest BCUT2D eigenvalue weighted by atomic mass is 79.9. The Morgan fingerprint density at radius 1 is 1.38 bits per heavy atom. The van der Waals surface area contributed by atoms with Gasteiger partial charge in [0, 0.05) is 5.56 Å². The molecule has 3 aromatic rings. The standard InChI is InChI=1S/C16H14BrN5O2/c1-3-24-15(23)13-12-7-21-14(19-20-16(21)17)10-6-9(2)4-5-11(10)22(12)8-18-13/h4-6,8H,3,7H2,1-2H3. The molecule has 0 radical (unpaired) electrons. The first-order chi connectivity index (χ1) is 11.6. The second-order valence-electron chi connectivity index (χ2n) is 5.53. The lowest BCUT2D eigenvalue weighted by molar-refractivity contribution is 0.0518. The molecule has 0 spiro atoms. The number of fused-ring (bicyclic) bond motifs is 5. The highest BCUT2D eigenvalue weighted by molar-refractivity contribution is 9.10. The summed E-state index contributed by atoms with van der Waals surface area (Å²) in [7, 11) is 0. The van der Waals surface area contributed by atoms with Crippen molar-refractivity contribution in [1.29, 1.82) is 0 Å². The van der Waals surface area contributed by atoms with Gasteiger partial charge in [-0.2, -0.15) is 0 Å². The molecule has 0 saturated heterocycles. The zero-order valence-corrected chi connectivity index (χ0v) is 14.7. The largest absolute Gasteiger partial charge is 0.461 e. The minimum absolute atomic E-state index is 0.308. The van der Waals surface area contributed by atoms with Crippen LogP contribution >= 0.6 is 15.9 Å². The maximum Gasteiger partial charge on any atom is 0.358 e. The molecular formula is C16H14BrN5O2. The van der Waals surface area contributed by atoms with E-state index >= 15 is 0 Å². The Balaban J connectivity index is 2.00. The molecule has 4 rings (SSSR count). The number of nitrogens with zero attached hydrogens (tertiary/aromatic N) is 5. The lowest BCUT2D eigenvalue weighted by Gasteiger charge is -2.09. The molecule has 0 unspecified atom stereocenters. The van der Waals surface area contributed by atoms with Crippen LogP contribution in [-0.2, 0) is 11.3 Å². The van der Waals surface area contributed by atoms with Crippen molar-refractivity contribution in [1.82, 2.24) is 24.3 Å². The molecule has 0 aliphatic carbocycles. The predicted molar refractivity (Wildman–Crippen MR) is 90.1 cm³/mol. The molecule has 7 nitrogen and oxygen atoms in total. The third-order valence-electron chi connectivity index (χ3n) is 4.00. The fourth-order valence-corrected chi connectivity index (χ4v) is 3.29. The SMILES string of the molecule is CCOC(=O)c1ncn2c1Cn1c(Br)nnc1-c1cc(C)ccc1-2. The number of halogens is 1. The number of ether oxygens (including phenoxy) is 1. The third kappa shape index (κ3) is 2.17. The quantitative estimate of drug-likeness (QED) is 0.494. The minimum Gasteiger partial charge on any atom is -0.461 e. The summed E-state index contributed by atoms with van der Waals surface area (Å²) >= 11 is 3.43. The lowest BCUT2D eigenvalue weighted by atomic mass is 10.1. The maximum atomic E-state index is 12.2. The molecule has 122 valence electrons. The molecule has 1 aliphatic rings. The summed E-state index contributed by atoms with van der Waals surface area (Å²) in [4.78, 5) is 16.5. The molecule has 0 bridgehead atoms. The zero-order chi connectivity index (χ0) is 16.8. The van der Waals surface area contributed by atoms with E-state index < -0.39 is 5.97 Å². The highest BCUT2D eigenvalue weighted by Crippen LogP contribution is 2.33. The van der Waals surface area contributed by atoms with Crippen LogP contribution in [0.5, 0.6) is 0 Å². The average Bonchev–Trinajstić information content (AvgIpc) is 3.10. The number of aromatic nitrogens is 5. The number of hydrogen-bond donors (Lipinski definition) is 0. The van der Waals surface area contributed by atoms with Crippen molar-refractivity contribution in [2.75, 3.05) is 6.61 Å². The van der Waals surface area contributed by atoms with Gasteiger partial charge < -0.3 is 4.74 Å². The van der Waals surface area contributed by atoms with Crippen molar-refractivity contribution in [3.05, 3.63) is 46.2 Å². The summed E-state index contributed by atoms with van der Waals surface area (Å²) in [6.07, 6.45) is 1.66. The van der Waals surface area contributed by atoms with E-state index in [0.717, 1.165) is 28.3 Å². The average molecular weight is 388 g/mol. The third-order valence-corrected chi connectivity index (χ3v) is 4.59. The number of imidazole rings is 1. The van der Waals surface area contributed by atoms with Gasteiger partial charge in [-0.1, -0.05) is 11.6 Å². The highest BCUT2D eigenvalue weighted by Gasteiger charge is 2.27. The van der Waals surface area contributed by atoms with Crippen LogP contribution in [0, 0.1) is 6.92 Å². The molecule has 0 saturated carbocycles. The van der Waals surface area contributed by atoms with Gasteiger partial charge in [-0.3, -0.25) is 9.13 Å². The van der Waals surface area contributed by atoms with Crippen LogP contribution in [0.15, 0.2) is 29.3 Å². The van der Waals surface area contributed by atoms with Crippen LogP contribution in [0.2, 0.25) is 0 Å². The van der Waals surface area contributed by atoms with Crippen molar-refractivity contribution in [2.45, 2.75) is 20.4 Å². The van der Waals surface area contributed by atoms with Gasteiger partial charge in [0.2, 0.25) is 4.73 Å². The molecule has 2 aromatic heterocycles. The van der Waals surface area contributed by atoms with E-state index in [2.05, 4.69) is 37.2 Å². The van der Waals surface area contributed by atoms with Gasteiger partial charge in [-0.05, 0) is 41.9 Å². The Morgan fingerprint density at radius 2 is 2.21 bits per heavy atom. The molecule has 8 heteroatoms. The first kappa shape index (κ1) is 15.1. The van der Waals surface area contributed by atoms with Gasteiger partial charge in [-0.25, -0.2) is 9.78 Å². The van der Waals surface area contributed by atoms with Gasteiger partial charge in [0.15, 0.2) is 11.5 Å². The molecule has 24 heavy (non-hydrogen) atoms. The molecule has 3 heterocycles. The van der Waals surface area contributed by atoms with E-state index in [4.69, 9.17) is 4.74 Å². The fraction of sp³-hybridized carbons (Fsp3) is 0.250. The van der Waals surface area contributed by atoms with Gasteiger partial charge in [0.25, 0.3) is 0 Å². The van der Waals surface area contributed by atoms with Crippen LogP contribution in [0.4, 0.5) is 0 Å². The van der Waals surface area contributed by atoms with Crippen LogP contribution < -0.4 is 0 Å². The monoisotopic (exact) mass is 387 g/mol. The van der Waals surface area contributed by atoms with Crippen molar-refractivity contribution < 1.29 is 9.53 Å². The Kier molecular flexibility index (Phi) is 3.49. The summed E-state index contributed by atoms with van der Waals surface area (Å²) in [6.45, 7) is 4.53. The van der Waals surface area contributed by atoms with Crippen LogP contribution in [0.3, 0.4) is 0 Å². The zero-order valence-electron chi connectivity index (χ0n) is 13.2. The summed E-state index contributed by atoms with van der Waals surface area (Å²) in [5, 5.41) is 8.41. The first-order valence-corrected chi connectivity index (χ1v) is 8.33. The Labute approximate surface area is 146 Å². The van der Waals surface area contributed by atoms with Crippen molar-refractivity contribution in [3.63, 3.8) is 0 Å². The van der Waals surface area contributed by atoms with Gasteiger partial charge >= 0.3 is 5.97 Å². The number of rotatable bonds is 2. The number of carbonyl (C=O) groups is 1.